The molecular weight excluding hydrogens is 174 g/mol. The van der Waals surface area contributed by atoms with Crippen LogP contribution in [-0.4, -0.2) is 9.38 Å². The van der Waals surface area contributed by atoms with Gasteiger partial charge in [0.2, 0.25) is 0 Å². The Hall–Kier alpha value is -1.82. The van der Waals surface area contributed by atoms with Gasteiger partial charge in [-0.1, -0.05) is 19.9 Å². The van der Waals surface area contributed by atoms with E-state index in [0.717, 1.165) is 5.65 Å². The number of nitriles is 1. The van der Waals surface area contributed by atoms with Crippen LogP contribution in [0.25, 0.3) is 5.65 Å². The van der Waals surface area contributed by atoms with E-state index in [1.807, 2.05) is 22.7 Å². The maximum atomic E-state index is 8.84. The third-order valence-corrected chi connectivity index (χ3v) is 2.30. The van der Waals surface area contributed by atoms with Gasteiger partial charge in [0.15, 0.2) is 0 Å². The summed E-state index contributed by atoms with van der Waals surface area (Å²) in [5, 5.41) is 8.84. The highest BCUT2D eigenvalue weighted by Crippen LogP contribution is 2.19. The highest BCUT2D eigenvalue weighted by molar-refractivity contribution is 5.52. The number of rotatable bonds is 1. The molecule has 0 N–H and O–H groups in total. The van der Waals surface area contributed by atoms with E-state index in [1.165, 1.54) is 5.56 Å². The van der Waals surface area contributed by atoms with Crippen LogP contribution in [0.5, 0.6) is 0 Å². The van der Waals surface area contributed by atoms with Crippen LogP contribution in [0.4, 0.5) is 0 Å². The highest BCUT2D eigenvalue weighted by Gasteiger charge is 2.08. The minimum Gasteiger partial charge on any atom is -0.291 e. The zero-order valence-electron chi connectivity index (χ0n) is 8.23. The van der Waals surface area contributed by atoms with Gasteiger partial charge in [-0.3, -0.25) is 4.40 Å². The van der Waals surface area contributed by atoms with Crippen LogP contribution in [-0.2, 0) is 0 Å². The maximum absolute atomic E-state index is 8.84. The Balaban J connectivity index is 2.78. The first-order valence-corrected chi connectivity index (χ1v) is 4.60. The quantitative estimate of drug-likeness (QED) is 0.684. The fraction of sp³-hybridized carbons (Fsp3) is 0.273. The summed E-state index contributed by atoms with van der Waals surface area (Å²) in [6.45, 7) is 4.24. The van der Waals surface area contributed by atoms with E-state index in [0.29, 0.717) is 11.6 Å². The predicted octanol–water partition coefficient (Wildman–Crippen LogP) is 2.33. The monoisotopic (exact) mass is 185 g/mol. The molecule has 2 aromatic rings. The lowest BCUT2D eigenvalue weighted by Gasteiger charge is -2.06. The molecule has 0 aliphatic carbocycles. The molecule has 2 rings (SSSR count). The molecule has 14 heavy (non-hydrogen) atoms. The first-order valence-electron chi connectivity index (χ1n) is 4.60. The summed E-state index contributed by atoms with van der Waals surface area (Å²) >= 11 is 0. The summed E-state index contributed by atoms with van der Waals surface area (Å²) in [6.07, 6.45) is 3.48. The van der Waals surface area contributed by atoms with Crippen molar-refractivity contribution in [3.63, 3.8) is 0 Å². The van der Waals surface area contributed by atoms with Crippen LogP contribution < -0.4 is 0 Å². The van der Waals surface area contributed by atoms with E-state index in [2.05, 4.69) is 24.9 Å². The molecule has 0 aliphatic heterocycles. The Bertz CT molecular complexity index is 503. The number of pyridine rings is 1. The lowest BCUT2D eigenvalue weighted by atomic mass is 10.1. The standard InChI is InChI=1S/C11H11N3/c1-8(2)10-4-3-5-14-9(6-12)7-13-11(10)14/h3-5,7-8H,1-2H3. The van der Waals surface area contributed by atoms with Gasteiger partial charge < -0.3 is 0 Å². The maximum Gasteiger partial charge on any atom is 0.144 e. The van der Waals surface area contributed by atoms with Gasteiger partial charge in [0, 0.05) is 6.20 Å². The molecule has 70 valence electrons. The average molecular weight is 185 g/mol. The van der Waals surface area contributed by atoms with Gasteiger partial charge in [0.1, 0.15) is 17.4 Å². The molecule has 0 saturated heterocycles. The molecule has 2 heterocycles. The Morgan fingerprint density at radius 2 is 2.29 bits per heavy atom. The second-order valence-electron chi connectivity index (χ2n) is 3.57. The smallest absolute Gasteiger partial charge is 0.144 e. The SMILES string of the molecule is CC(C)c1cccn2c(C#N)cnc12. The molecular formula is C11H11N3. The summed E-state index contributed by atoms with van der Waals surface area (Å²) < 4.78 is 1.83. The molecule has 0 atom stereocenters. The molecule has 3 nitrogen and oxygen atoms in total. The zero-order chi connectivity index (χ0) is 10.1. The van der Waals surface area contributed by atoms with Gasteiger partial charge in [-0.15, -0.1) is 0 Å². The van der Waals surface area contributed by atoms with Crippen LogP contribution in [0.3, 0.4) is 0 Å². The van der Waals surface area contributed by atoms with Gasteiger partial charge in [0.05, 0.1) is 6.20 Å². The lowest BCUT2D eigenvalue weighted by molar-refractivity contribution is 0.862. The number of imidazole rings is 1. The molecule has 0 unspecified atom stereocenters. The first-order chi connectivity index (χ1) is 6.74. The van der Waals surface area contributed by atoms with E-state index < -0.39 is 0 Å². The van der Waals surface area contributed by atoms with Crippen molar-refractivity contribution < 1.29 is 0 Å². The van der Waals surface area contributed by atoms with Gasteiger partial charge in [0.25, 0.3) is 0 Å². The molecule has 0 spiro atoms. The number of fused-ring (bicyclic) bond motifs is 1. The molecule has 0 aliphatic rings. The van der Waals surface area contributed by atoms with Crippen molar-refractivity contribution in [2.24, 2.45) is 0 Å². The largest absolute Gasteiger partial charge is 0.291 e. The van der Waals surface area contributed by atoms with Crippen molar-refractivity contribution in [3.05, 3.63) is 35.8 Å². The van der Waals surface area contributed by atoms with E-state index in [4.69, 9.17) is 5.26 Å². The number of hydrogen-bond donors (Lipinski definition) is 0. The summed E-state index contributed by atoms with van der Waals surface area (Å²) in [4.78, 5) is 4.25. The molecule has 0 aromatic carbocycles. The fourth-order valence-electron chi connectivity index (χ4n) is 1.57. The average Bonchev–Trinajstić information content (AvgIpc) is 2.59. The summed E-state index contributed by atoms with van der Waals surface area (Å²) in [7, 11) is 0. The van der Waals surface area contributed by atoms with Crippen molar-refractivity contribution in [2.45, 2.75) is 19.8 Å². The minimum absolute atomic E-state index is 0.424. The Labute approximate surface area is 82.6 Å². The summed E-state index contributed by atoms with van der Waals surface area (Å²) in [6, 6.07) is 6.12. The minimum atomic E-state index is 0.424. The lowest BCUT2D eigenvalue weighted by Crippen LogP contribution is -1.95. The van der Waals surface area contributed by atoms with Crippen molar-refractivity contribution in [1.29, 1.82) is 5.26 Å². The van der Waals surface area contributed by atoms with E-state index in [9.17, 15) is 0 Å². The fourth-order valence-corrected chi connectivity index (χ4v) is 1.57. The van der Waals surface area contributed by atoms with E-state index >= 15 is 0 Å². The van der Waals surface area contributed by atoms with Crippen LogP contribution in [0.15, 0.2) is 24.5 Å². The number of hydrogen-bond acceptors (Lipinski definition) is 2. The van der Waals surface area contributed by atoms with Crippen molar-refractivity contribution >= 4 is 5.65 Å². The zero-order valence-corrected chi connectivity index (χ0v) is 8.23. The molecule has 0 amide bonds. The second-order valence-corrected chi connectivity index (χ2v) is 3.57. The normalized spacial score (nSPS) is 10.7. The van der Waals surface area contributed by atoms with Gasteiger partial charge in [-0.25, -0.2) is 4.98 Å². The van der Waals surface area contributed by atoms with Crippen LogP contribution in [0, 0.1) is 11.3 Å². The molecule has 3 heteroatoms. The molecule has 0 bridgehead atoms. The molecule has 0 fully saturated rings. The van der Waals surface area contributed by atoms with Crippen LogP contribution in [0.1, 0.15) is 31.0 Å². The van der Waals surface area contributed by atoms with Crippen LogP contribution in [0.2, 0.25) is 0 Å². The second kappa shape index (κ2) is 3.15. The summed E-state index contributed by atoms with van der Waals surface area (Å²) in [5.74, 6) is 0.424. The third kappa shape index (κ3) is 1.16. The Kier molecular flexibility index (Phi) is 1.97. The van der Waals surface area contributed by atoms with E-state index in [-0.39, 0.29) is 0 Å². The van der Waals surface area contributed by atoms with Crippen molar-refractivity contribution in [2.75, 3.05) is 0 Å². The molecule has 0 saturated carbocycles. The Morgan fingerprint density at radius 1 is 1.50 bits per heavy atom. The van der Waals surface area contributed by atoms with Gasteiger partial charge >= 0.3 is 0 Å². The third-order valence-electron chi connectivity index (χ3n) is 2.30. The summed E-state index contributed by atoms with van der Waals surface area (Å²) in [5.41, 5.74) is 2.65. The Morgan fingerprint density at radius 3 is 2.93 bits per heavy atom. The van der Waals surface area contributed by atoms with Crippen molar-refractivity contribution in [3.8, 4) is 6.07 Å². The topological polar surface area (TPSA) is 41.1 Å². The van der Waals surface area contributed by atoms with Gasteiger partial charge in [-0.05, 0) is 17.5 Å². The highest BCUT2D eigenvalue weighted by atomic mass is 15.0. The van der Waals surface area contributed by atoms with E-state index in [1.54, 1.807) is 6.20 Å². The number of aromatic nitrogens is 2. The first kappa shape index (κ1) is 8.76. The predicted molar refractivity (Wildman–Crippen MR) is 54.0 cm³/mol. The number of nitrogens with zero attached hydrogens (tertiary/aromatic N) is 3. The molecule has 0 radical (unpaired) electrons. The van der Waals surface area contributed by atoms with Gasteiger partial charge in [-0.2, -0.15) is 5.26 Å². The van der Waals surface area contributed by atoms with Crippen LogP contribution >= 0.6 is 0 Å². The van der Waals surface area contributed by atoms with Crippen molar-refractivity contribution in [1.82, 2.24) is 9.38 Å². The molecule has 2 aromatic heterocycles.